The third-order valence-electron chi connectivity index (χ3n) is 5.72. The number of anilines is 1. The first kappa shape index (κ1) is 15.8. The van der Waals surface area contributed by atoms with Gasteiger partial charge in [0, 0.05) is 54.5 Å². The van der Waals surface area contributed by atoms with Gasteiger partial charge in [-0.25, -0.2) is 0 Å². The van der Waals surface area contributed by atoms with E-state index in [1.165, 1.54) is 41.3 Å². The predicted molar refractivity (Wildman–Crippen MR) is 107 cm³/mol. The van der Waals surface area contributed by atoms with Crippen LogP contribution in [0.25, 0.3) is 10.8 Å². The van der Waals surface area contributed by atoms with Crippen LogP contribution in [0.3, 0.4) is 0 Å². The van der Waals surface area contributed by atoms with Gasteiger partial charge in [0.05, 0.1) is 0 Å². The highest BCUT2D eigenvalue weighted by molar-refractivity contribution is 5.93. The SMILES string of the molecule is c1cc(CN2CCC(Nc3cccc4cnccc34)C2)cc(C2CC2)c1. The van der Waals surface area contributed by atoms with E-state index in [0.717, 1.165) is 25.6 Å². The van der Waals surface area contributed by atoms with Crippen LogP contribution >= 0.6 is 0 Å². The summed E-state index contributed by atoms with van der Waals surface area (Å²) in [5.41, 5.74) is 4.24. The minimum Gasteiger partial charge on any atom is -0.380 e. The molecule has 1 unspecified atom stereocenters. The van der Waals surface area contributed by atoms with Gasteiger partial charge in [0.2, 0.25) is 0 Å². The summed E-state index contributed by atoms with van der Waals surface area (Å²) in [7, 11) is 0. The van der Waals surface area contributed by atoms with Gasteiger partial charge in [-0.2, -0.15) is 0 Å². The monoisotopic (exact) mass is 343 g/mol. The second-order valence-electron chi connectivity index (χ2n) is 7.79. The van der Waals surface area contributed by atoms with Crippen molar-refractivity contribution in [2.24, 2.45) is 0 Å². The molecule has 5 rings (SSSR count). The van der Waals surface area contributed by atoms with Gasteiger partial charge in [0.15, 0.2) is 0 Å². The quantitative estimate of drug-likeness (QED) is 0.721. The Labute approximate surface area is 155 Å². The number of likely N-dealkylation sites (tertiary alicyclic amines) is 1. The van der Waals surface area contributed by atoms with E-state index in [0.29, 0.717) is 6.04 Å². The van der Waals surface area contributed by atoms with Crippen molar-refractivity contribution in [2.45, 2.75) is 37.8 Å². The largest absolute Gasteiger partial charge is 0.380 e. The van der Waals surface area contributed by atoms with Crippen LogP contribution in [0.15, 0.2) is 60.9 Å². The predicted octanol–water partition coefficient (Wildman–Crippen LogP) is 4.80. The number of pyridine rings is 1. The van der Waals surface area contributed by atoms with Crippen molar-refractivity contribution in [1.29, 1.82) is 0 Å². The molecule has 26 heavy (non-hydrogen) atoms. The smallest absolute Gasteiger partial charge is 0.0423 e. The van der Waals surface area contributed by atoms with Crippen LogP contribution in [0.2, 0.25) is 0 Å². The minimum atomic E-state index is 0.514. The molecule has 0 radical (unpaired) electrons. The fraction of sp³-hybridized carbons (Fsp3) is 0.348. The van der Waals surface area contributed by atoms with Crippen LogP contribution in [0.5, 0.6) is 0 Å². The second-order valence-corrected chi connectivity index (χ2v) is 7.79. The lowest BCUT2D eigenvalue weighted by molar-refractivity contribution is 0.328. The lowest BCUT2D eigenvalue weighted by Crippen LogP contribution is -2.26. The molecular weight excluding hydrogens is 318 g/mol. The molecule has 132 valence electrons. The molecule has 1 aromatic heterocycles. The van der Waals surface area contributed by atoms with Crippen molar-refractivity contribution in [2.75, 3.05) is 18.4 Å². The number of benzene rings is 2. The Morgan fingerprint density at radius 2 is 1.96 bits per heavy atom. The summed E-state index contributed by atoms with van der Waals surface area (Å²) in [6.07, 6.45) is 7.76. The summed E-state index contributed by atoms with van der Waals surface area (Å²) < 4.78 is 0. The van der Waals surface area contributed by atoms with Crippen LogP contribution < -0.4 is 5.32 Å². The van der Waals surface area contributed by atoms with Gasteiger partial charge >= 0.3 is 0 Å². The zero-order valence-corrected chi connectivity index (χ0v) is 15.1. The van der Waals surface area contributed by atoms with Gasteiger partial charge in [-0.3, -0.25) is 9.88 Å². The minimum absolute atomic E-state index is 0.514. The zero-order chi connectivity index (χ0) is 17.3. The third kappa shape index (κ3) is 3.32. The molecule has 3 heteroatoms. The molecule has 2 aromatic carbocycles. The lowest BCUT2D eigenvalue weighted by Gasteiger charge is -2.18. The zero-order valence-electron chi connectivity index (χ0n) is 15.1. The lowest BCUT2D eigenvalue weighted by atomic mass is 10.1. The van der Waals surface area contributed by atoms with Crippen LogP contribution in [0.1, 0.15) is 36.3 Å². The normalized spacial score (nSPS) is 20.5. The van der Waals surface area contributed by atoms with E-state index in [4.69, 9.17) is 0 Å². The summed E-state index contributed by atoms with van der Waals surface area (Å²) in [5, 5.41) is 6.23. The Hall–Kier alpha value is -2.39. The number of fused-ring (bicyclic) bond motifs is 1. The standard InChI is InChI=1S/C23H25N3/c1-3-17(13-19(4-1)18-7-8-18)15-26-12-10-21(16-26)25-23-6-2-5-20-14-24-11-9-22(20)23/h1-6,9,11,13-14,18,21,25H,7-8,10,12,15-16H2. The van der Waals surface area contributed by atoms with Gasteiger partial charge < -0.3 is 5.32 Å². The average molecular weight is 343 g/mol. The van der Waals surface area contributed by atoms with E-state index in [1.807, 2.05) is 12.4 Å². The van der Waals surface area contributed by atoms with Crippen LogP contribution in [-0.2, 0) is 6.54 Å². The summed E-state index contributed by atoms with van der Waals surface area (Å²) in [5.74, 6) is 0.837. The molecule has 1 saturated carbocycles. The fourth-order valence-corrected chi connectivity index (χ4v) is 4.18. The van der Waals surface area contributed by atoms with Crippen molar-refractivity contribution < 1.29 is 0 Å². The van der Waals surface area contributed by atoms with Crippen molar-refractivity contribution >= 4 is 16.5 Å². The number of nitrogens with one attached hydrogen (secondary N) is 1. The maximum Gasteiger partial charge on any atom is 0.0423 e. The van der Waals surface area contributed by atoms with Crippen LogP contribution in [-0.4, -0.2) is 29.0 Å². The van der Waals surface area contributed by atoms with E-state index >= 15 is 0 Å². The van der Waals surface area contributed by atoms with E-state index in [-0.39, 0.29) is 0 Å². The summed E-state index contributed by atoms with van der Waals surface area (Å²) in [4.78, 5) is 6.81. The molecule has 1 aliphatic carbocycles. The van der Waals surface area contributed by atoms with Gasteiger partial charge in [-0.05, 0) is 48.4 Å². The highest BCUT2D eigenvalue weighted by Crippen LogP contribution is 2.40. The van der Waals surface area contributed by atoms with E-state index in [1.54, 1.807) is 5.56 Å². The maximum absolute atomic E-state index is 4.23. The molecule has 2 aliphatic rings. The molecule has 1 N–H and O–H groups in total. The Morgan fingerprint density at radius 3 is 2.88 bits per heavy atom. The average Bonchev–Trinajstić information content (AvgIpc) is 3.44. The molecule has 0 bridgehead atoms. The molecule has 3 aromatic rings. The molecule has 1 saturated heterocycles. The first-order chi connectivity index (χ1) is 12.8. The van der Waals surface area contributed by atoms with Crippen LogP contribution in [0.4, 0.5) is 5.69 Å². The Kier molecular flexibility index (Phi) is 4.10. The van der Waals surface area contributed by atoms with E-state index in [9.17, 15) is 0 Å². The Morgan fingerprint density at radius 1 is 1.04 bits per heavy atom. The second kappa shape index (κ2) is 6.73. The number of rotatable bonds is 5. The molecule has 3 nitrogen and oxygen atoms in total. The van der Waals surface area contributed by atoms with Crippen LogP contribution in [0, 0.1) is 0 Å². The highest BCUT2D eigenvalue weighted by atomic mass is 15.2. The molecule has 1 atom stereocenters. The van der Waals surface area contributed by atoms with Gasteiger partial charge in [-0.15, -0.1) is 0 Å². The number of hydrogen-bond donors (Lipinski definition) is 1. The maximum atomic E-state index is 4.23. The topological polar surface area (TPSA) is 28.2 Å². The first-order valence-electron chi connectivity index (χ1n) is 9.76. The van der Waals surface area contributed by atoms with Crippen molar-refractivity contribution in [3.8, 4) is 0 Å². The number of aromatic nitrogens is 1. The van der Waals surface area contributed by atoms with Gasteiger partial charge in [0.1, 0.15) is 0 Å². The molecule has 0 spiro atoms. The van der Waals surface area contributed by atoms with E-state index in [2.05, 4.69) is 63.7 Å². The molecule has 2 heterocycles. The van der Waals surface area contributed by atoms with Gasteiger partial charge in [0.25, 0.3) is 0 Å². The number of hydrogen-bond acceptors (Lipinski definition) is 3. The molecular formula is C23H25N3. The summed E-state index contributed by atoms with van der Waals surface area (Å²) >= 11 is 0. The van der Waals surface area contributed by atoms with E-state index < -0.39 is 0 Å². The summed E-state index contributed by atoms with van der Waals surface area (Å²) in [6, 6.07) is 18.3. The fourth-order valence-electron chi connectivity index (χ4n) is 4.18. The molecule has 1 aliphatic heterocycles. The first-order valence-corrected chi connectivity index (χ1v) is 9.76. The highest BCUT2D eigenvalue weighted by Gasteiger charge is 2.25. The number of nitrogens with zero attached hydrogens (tertiary/aromatic N) is 2. The van der Waals surface area contributed by atoms with Crippen molar-refractivity contribution in [3.05, 3.63) is 72.1 Å². The summed E-state index contributed by atoms with van der Waals surface area (Å²) in [6.45, 7) is 3.34. The molecule has 0 amide bonds. The third-order valence-corrected chi connectivity index (χ3v) is 5.72. The van der Waals surface area contributed by atoms with Crippen molar-refractivity contribution in [3.63, 3.8) is 0 Å². The van der Waals surface area contributed by atoms with Gasteiger partial charge in [-0.1, -0.05) is 36.4 Å². The van der Waals surface area contributed by atoms with Crippen molar-refractivity contribution in [1.82, 2.24) is 9.88 Å². The molecule has 2 fully saturated rings. The Balaban J connectivity index is 1.25. The Bertz CT molecular complexity index is 911.